The number of benzene rings is 1. The number of halogens is 1. The molecule has 134 valence electrons. The van der Waals surface area contributed by atoms with Gasteiger partial charge in [-0.25, -0.2) is 0 Å². The van der Waals surface area contributed by atoms with Crippen molar-refractivity contribution >= 4 is 18.3 Å². The Kier molecular flexibility index (Phi) is 6.75. The summed E-state index contributed by atoms with van der Waals surface area (Å²) in [5, 5.41) is 6.54. The number of piperidine rings is 1. The summed E-state index contributed by atoms with van der Waals surface area (Å²) in [6, 6.07) is 5.95. The second-order valence-electron chi connectivity index (χ2n) is 6.68. The molecule has 0 saturated carbocycles. The van der Waals surface area contributed by atoms with E-state index in [1.54, 1.807) is 0 Å². The molecule has 2 aliphatic heterocycles. The van der Waals surface area contributed by atoms with Gasteiger partial charge in [-0.2, -0.15) is 0 Å². The van der Waals surface area contributed by atoms with E-state index >= 15 is 0 Å². The van der Waals surface area contributed by atoms with E-state index in [0.29, 0.717) is 19.1 Å². The molecule has 0 aromatic heterocycles. The largest absolute Gasteiger partial charge is 0.486 e. The summed E-state index contributed by atoms with van der Waals surface area (Å²) in [6.07, 6.45) is 2.03. The number of amides is 1. The topological polar surface area (TPSA) is 59.6 Å². The summed E-state index contributed by atoms with van der Waals surface area (Å²) in [5.74, 6) is 2.07. The van der Waals surface area contributed by atoms with Gasteiger partial charge in [0.05, 0.1) is 12.0 Å². The van der Waals surface area contributed by atoms with Crippen LogP contribution in [0.2, 0.25) is 0 Å². The van der Waals surface area contributed by atoms with E-state index in [-0.39, 0.29) is 30.3 Å². The van der Waals surface area contributed by atoms with Gasteiger partial charge < -0.3 is 20.1 Å². The maximum atomic E-state index is 12.6. The number of hydrogen-bond acceptors (Lipinski definition) is 4. The highest BCUT2D eigenvalue weighted by molar-refractivity contribution is 5.85. The third-order valence-electron chi connectivity index (χ3n) is 4.56. The molecule has 24 heavy (non-hydrogen) atoms. The predicted molar refractivity (Wildman–Crippen MR) is 96.0 cm³/mol. The first-order valence-electron chi connectivity index (χ1n) is 8.56. The molecule has 1 saturated heterocycles. The second-order valence-corrected chi connectivity index (χ2v) is 6.68. The van der Waals surface area contributed by atoms with E-state index in [4.69, 9.17) is 9.47 Å². The number of nitrogens with one attached hydrogen (secondary N) is 2. The van der Waals surface area contributed by atoms with Crippen molar-refractivity contribution in [3.8, 4) is 11.5 Å². The predicted octanol–water partition coefficient (Wildman–Crippen LogP) is 2.69. The lowest BCUT2D eigenvalue weighted by atomic mass is 9.93. The van der Waals surface area contributed by atoms with Crippen molar-refractivity contribution in [3.05, 3.63) is 23.8 Å². The average Bonchev–Trinajstić information content (AvgIpc) is 2.59. The van der Waals surface area contributed by atoms with E-state index in [9.17, 15) is 4.79 Å². The molecule has 0 spiro atoms. The third kappa shape index (κ3) is 4.33. The van der Waals surface area contributed by atoms with Crippen LogP contribution in [0.25, 0.3) is 0 Å². The summed E-state index contributed by atoms with van der Waals surface area (Å²) in [6.45, 7) is 7.20. The molecule has 3 rings (SSSR count). The first-order chi connectivity index (χ1) is 11.1. The molecule has 1 fully saturated rings. The SMILES string of the molecule is CC(C)C(NC(=O)C1CCCNC1)c1ccc2c(c1)OCCO2.Cl. The number of ether oxygens (including phenoxy) is 2. The molecule has 5 nitrogen and oxygen atoms in total. The molecule has 1 amide bonds. The maximum Gasteiger partial charge on any atom is 0.224 e. The molecule has 0 radical (unpaired) electrons. The summed E-state index contributed by atoms with van der Waals surface area (Å²) >= 11 is 0. The van der Waals surface area contributed by atoms with Crippen LogP contribution in [0.3, 0.4) is 0 Å². The fraction of sp³-hybridized carbons (Fsp3) is 0.611. The molecular formula is C18H27ClN2O3. The van der Waals surface area contributed by atoms with Crippen molar-refractivity contribution in [2.45, 2.75) is 32.7 Å². The number of fused-ring (bicyclic) bond motifs is 1. The standard InChI is InChI=1S/C18H26N2O3.ClH/c1-12(2)17(20-18(21)14-4-3-7-19-11-14)13-5-6-15-16(10-13)23-9-8-22-15;/h5-6,10,12,14,17,19H,3-4,7-9,11H2,1-2H3,(H,20,21);1H. The van der Waals surface area contributed by atoms with Crippen molar-refractivity contribution < 1.29 is 14.3 Å². The van der Waals surface area contributed by atoms with E-state index in [1.807, 2.05) is 18.2 Å². The number of rotatable bonds is 4. The molecule has 0 bridgehead atoms. The monoisotopic (exact) mass is 354 g/mol. The summed E-state index contributed by atoms with van der Waals surface area (Å²) in [4.78, 5) is 12.6. The lowest BCUT2D eigenvalue weighted by Crippen LogP contribution is -2.42. The minimum atomic E-state index is -0.0137. The van der Waals surface area contributed by atoms with Gasteiger partial charge in [0.1, 0.15) is 13.2 Å². The molecule has 2 aliphatic rings. The Hall–Kier alpha value is -1.46. The molecular weight excluding hydrogens is 328 g/mol. The Morgan fingerprint density at radius 2 is 2.00 bits per heavy atom. The van der Waals surface area contributed by atoms with E-state index in [0.717, 1.165) is 43.0 Å². The lowest BCUT2D eigenvalue weighted by Gasteiger charge is -2.28. The summed E-state index contributed by atoms with van der Waals surface area (Å²) < 4.78 is 11.2. The molecule has 2 N–H and O–H groups in total. The Morgan fingerprint density at radius 1 is 1.25 bits per heavy atom. The molecule has 1 aromatic carbocycles. The summed E-state index contributed by atoms with van der Waals surface area (Å²) in [7, 11) is 0. The Morgan fingerprint density at radius 3 is 2.67 bits per heavy atom. The zero-order valence-corrected chi connectivity index (χ0v) is 15.2. The molecule has 6 heteroatoms. The van der Waals surface area contributed by atoms with Crippen molar-refractivity contribution in [1.82, 2.24) is 10.6 Å². The third-order valence-corrected chi connectivity index (χ3v) is 4.56. The maximum absolute atomic E-state index is 12.6. The van der Waals surface area contributed by atoms with Crippen LogP contribution < -0.4 is 20.1 Å². The minimum absolute atomic E-state index is 0. The van der Waals surface area contributed by atoms with Crippen LogP contribution in [0.5, 0.6) is 11.5 Å². The van der Waals surface area contributed by atoms with Gasteiger partial charge in [-0.15, -0.1) is 12.4 Å². The van der Waals surface area contributed by atoms with Crippen LogP contribution in [0, 0.1) is 11.8 Å². The fourth-order valence-electron chi connectivity index (χ4n) is 3.24. The molecule has 2 unspecified atom stereocenters. The zero-order chi connectivity index (χ0) is 16.2. The zero-order valence-electron chi connectivity index (χ0n) is 14.3. The molecule has 1 aromatic rings. The van der Waals surface area contributed by atoms with Gasteiger partial charge in [0, 0.05) is 6.54 Å². The van der Waals surface area contributed by atoms with Gasteiger partial charge in [-0.3, -0.25) is 4.79 Å². The van der Waals surface area contributed by atoms with Gasteiger partial charge in [0.2, 0.25) is 5.91 Å². The normalized spacial score (nSPS) is 20.9. The van der Waals surface area contributed by atoms with Crippen molar-refractivity contribution in [3.63, 3.8) is 0 Å². The highest BCUT2D eigenvalue weighted by atomic mass is 35.5. The first-order valence-corrected chi connectivity index (χ1v) is 8.56. The highest BCUT2D eigenvalue weighted by Gasteiger charge is 2.26. The second kappa shape index (κ2) is 8.58. The van der Waals surface area contributed by atoms with Crippen LogP contribution in [-0.4, -0.2) is 32.2 Å². The number of carbonyl (C=O) groups is 1. The van der Waals surface area contributed by atoms with Crippen molar-refractivity contribution in [1.29, 1.82) is 0 Å². The Balaban J connectivity index is 0.00000208. The molecule has 0 aliphatic carbocycles. The Labute approximate surface area is 149 Å². The first kappa shape index (κ1) is 18.9. The fourth-order valence-corrected chi connectivity index (χ4v) is 3.24. The summed E-state index contributed by atoms with van der Waals surface area (Å²) in [5.41, 5.74) is 1.07. The van der Waals surface area contributed by atoms with Crippen LogP contribution >= 0.6 is 12.4 Å². The minimum Gasteiger partial charge on any atom is -0.486 e. The van der Waals surface area contributed by atoms with Crippen molar-refractivity contribution in [2.24, 2.45) is 11.8 Å². The van der Waals surface area contributed by atoms with Crippen LogP contribution in [0.4, 0.5) is 0 Å². The smallest absolute Gasteiger partial charge is 0.224 e. The van der Waals surface area contributed by atoms with E-state index in [2.05, 4.69) is 24.5 Å². The number of carbonyl (C=O) groups excluding carboxylic acids is 1. The van der Waals surface area contributed by atoms with Crippen LogP contribution in [0.15, 0.2) is 18.2 Å². The Bertz CT molecular complexity index is 559. The van der Waals surface area contributed by atoms with Gasteiger partial charge in [-0.05, 0) is 43.0 Å². The van der Waals surface area contributed by atoms with E-state index < -0.39 is 0 Å². The average molecular weight is 355 g/mol. The van der Waals surface area contributed by atoms with Gasteiger partial charge in [0.15, 0.2) is 11.5 Å². The number of hydrogen-bond donors (Lipinski definition) is 2. The van der Waals surface area contributed by atoms with Gasteiger partial charge in [0.25, 0.3) is 0 Å². The van der Waals surface area contributed by atoms with Gasteiger partial charge in [-0.1, -0.05) is 19.9 Å². The lowest BCUT2D eigenvalue weighted by molar-refractivity contribution is -0.126. The quantitative estimate of drug-likeness (QED) is 0.872. The van der Waals surface area contributed by atoms with Crippen LogP contribution in [0.1, 0.15) is 38.3 Å². The van der Waals surface area contributed by atoms with Crippen molar-refractivity contribution in [2.75, 3.05) is 26.3 Å². The van der Waals surface area contributed by atoms with E-state index in [1.165, 1.54) is 0 Å². The van der Waals surface area contributed by atoms with Gasteiger partial charge >= 0.3 is 0 Å². The molecule has 2 heterocycles. The van der Waals surface area contributed by atoms with Crippen LogP contribution in [-0.2, 0) is 4.79 Å². The molecule has 2 atom stereocenters. The highest BCUT2D eigenvalue weighted by Crippen LogP contribution is 2.34.